The Kier molecular flexibility index (Phi) is 4.78. The lowest BCUT2D eigenvalue weighted by atomic mass is 9.99. The highest BCUT2D eigenvalue weighted by atomic mass is 32.1. The number of aryl methyl sites for hydroxylation is 1. The number of hydrogen-bond acceptors (Lipinski definition) is 7. The van der Waals surface area contributed by atoms with Crippen LogP contribution in [-0.4, -0.2) is 50.2 Å². The second kappa shape index (κ2) is 7.42. The second-order valence-corrected chi connectivity index (χ2v) is 9.03. The molecule has 0 unspecified atom stereocenters. The highest BCUT2D eigenvalue weighted by Crippen LogP contribution is 2.33. The van der Waals surface area contributed by atoms with Crippen LogP contribution < -0.4 is 10.6 Å². The number of likely N-dealkylation sites (tertiary alicyclic amines) is 1. The van der Waals surface area contributed by atoms with Crippen molar-refractivity contribution in [2.45, 2.75) is 51.2 Å². The van der Waals surface area contributed by atoms with Gasteiger partial charge in [-0.15, -0.1) is 11.3 Å². The van der Waals surface area contributed by atoms with E-state index in [1.54, 1.807) is 11.3 Å². The zero-order valence-corrected chi connectivity index (χ0v) is 17.1. The topological polar surface area (TPSA) is 75.6 Å². The zero-order chi connectivity index (χ0) is 19.1. The normalized spacial score (nSPS) is 23.7. The molecule has 0 radical (unpaired) electrons. The van der Waals surface area contributed by atoms with Crippen LogP contribution in [0.3, 0.4) is 0 Å². The molecule has 2 atom stereocenters. The van der Waals surface area contributed by atoms with Gasteiger partial charge >= 0.3 is 0 Å². The molecule has 0 spiro atoms. The Morgan fingerprint density at radius 3 is 2.96 bits per heavy atom. The SMILES string of the molecule is Cc1cn2nc([C@@H]3CCCCN3Cc3cncs3)cc2nc1N1CC[C@H](N)C1. The lowest BCUT2D eigenvalue weighted by Gasteiger charge is -2.34. The number of piperidine rings is 1. The van der Waals surface area contributed by atoms with E-state index in [0.717, 1.165) is 61.7 Å². The van der Waals surface area contributed by atoms with Crippen LogP contribution in [0.2, 0.25) is 0 Å². The molecular weight excluding hydrogens is 370 g/mol. The Morgan fingerprint density at radius 1 is 1.25 bits per heavy atom. The molecule has 5 heterocycles. The molecule has 5 rings (SSSR count). The molecule has 148 valence electrons. The molecule has 28 heavy (non-hydrogen) atoms. The van der Waals surface area contributed by atoms with E-state index in [2.05, 4.69) is 34.0 Å². The monoisotopic (exact) mass is 397 g/mol. The summed E-state index contributed by atoms with van der Waals surface area (Å²) in [4.78, 5) is 15.4. The summed E-state index contributed by atoms with van der Waals surface area (Å²) in [5, 5.41) is 4.92. The summed E-state index contributed by atoms with van der Waals surface area (Å²) < 4.78 is 1.95. The Hall–Kier alpha value is -2.03. The van der Waals surface area contributed by atoms with Crippen molar-refractivity contribution < 1.29 is 0 Å². The summed E-state index contributed by atoms with van der Waals surface area (Å²) >= 11 is 1.73. The average molecular weight is 398 g/mol. The van der Waals surface area contributed by atoms with Crippen molar-refractivity contribution in [2.75, 3.05) is 24.5 Å². The number of rotatable bonds is 4. The van der Waals surface area contributed by atoms with E-state index in [0.29, 0.717) is 6.04 Å². The Morgan fingerprint density at radius 2 is 2.18 bits per heavy atom. The summed E-state index contributed by atoms with van der Waals surface area (Å²) in [6.45, 7) is 6.05. The molecule has 0 aromatic carbocycles. The highest BCUT2D eigenvalue weighted by molar-refractivity contribution is 7.09. The van der Waals surface area contributed by atoms with Crippen molar-refractivity contribution in [1.29, 1.82) is 0 Å². The van der Waals surface area contributed by atoms with Gasteiger partial charge in [-0.2, -0.15) is 5.10 Å². The lowest BCUT2D eigenvalue weighted by molar-refractivity contribution is 0.138. The van der Waals surface area contributed by atoms with Crippen molar-refractivity contribution >= 4 is 22.8 Å². The van der Waals surface area contributed by atoms with Gasteiger partial charge in [0, 0.05) is 54.6 Å². The molecule has 0 aliphatic carbocycles. The molecule has 2 N–H and O–H groups in total. The largest absolute Gasteiger partial charge is 0.355 e. The predicted octanol–water partition coefficient (Wildman–Crippen LogP) is 2.76. The molecule has 0 amide bonds. The molecule has 2 aliphatic heterocycles. The Bertz CT molecular complexity index is 951. The van der Waals surface area contributed by atoms with E-state index in [1.807, 2.05) is 16.2 Å². The zero-order valence-electron chi connectivity index (χ0n) is 16.3. The summed E-state index contributed by atoms with van der Waals surface area (Å²) in [5.74, 6) is 1.05. The maximum atomic E-state index is 6.10. The molecule has 0 saturated carbocycles. The van der Waals surface area contributed by atoms with Crippen LogP contribution in [0.5, 0.6) is 0 Å². The van der Waals surface area contributed by atoms with Crippen molar-refractivity contribution in [2.24, 2.45) is 5.73 Å². The van der Waals surface area contributed by atoms with E-state index >= 15 is 0 Å². The van der Waals surface area contributed by atoms with Gasteiger partial charge in [0.15, 0.2) is 5.65 Å². The van der Waals surface area contributed by atoms with Gasteiger partial charge in [0.05, 0.1) is 17.2 Å². The summed E-state index contributed by atoms with van der Waals surface area (Å²) in [7, 11) is 0. The summed E-state index contributed by atoms with van der Waals surface area (Å²) in [5.41, 5.74) is 11.2. The number of nitrogens with two attached hydrogens (primary N) is 1. The number of fused-ring (bicyclic) bond motifs is 1. The number of thiazole rings is 1. The minimum Gasteiger partial charge on any atom is -0.355 e. The number of anilines is 1. The molecule has 2 aliphatic rings. The standard InChI is InChI=1S/C20H27N7S/c1-14-10-27-19(23-20(14)26-7-5-15(21)11-26)8-17(24-27)18-4-2-3-6-25(18)12-16-9-22-13-28-16/h8-10,13,15,18H,2-7,11-12,21H2,1H3/t15-,18-/m0/s1. The Balaban J connectivity index is 1.44. The average Bonchev–Trinajstić information content (AvgIpc) is 3.42. The van der Waals surface area contributed by atoms with E-state index < -0.39 is 0 Å². The van der Waals surface area contributed by atoms with Gasteiger partial charge in [-0.3, -0.25) is 9.88 Å². The highest BCUT2D eigenvalue weighted by Gasteiger charge is 2.28. The smallest absolute Gasteiger partial charge is 0.157 e. The number of nitrogens with zero attached hydrogens (tertiary/aromatic N) is 6. The molecular formula is C20H27N7S. The van der Waals surface area contributed by atoms with Crippen LogP contribution in [0.15, 0.2) is 24.0 Å². The minimum absolute atomic E-state index is 0.250. The van der Waals surface area contributed by atoms with Gasteiger partial charge in [0.1, 0.15) is 5.82 Å². The third-order valence-corrected chi connectivity index (χ3v) is 6.71. The van der Waals surface area contributed by atoms with Crippen molar-refractivity contribution in [3.05, 3.63) is 40.1 Å². The third kappa shape index (κ3) is 3.40. The van der Waals surface area contributed by atoms with Crippen LogP contribution in [0.4, 0.5) is 5.82 Å². The molecule has 2 saturated heterocycles. The van der Waals surface area contributed by atoms with Crippen molar-refractivity contribution in [1.82, 2.24) is 24.5 Å². The van der Waals surface area contributed by atoms with E-state index in [4.69, 9.17) is 15.8 Å². The van der Waals surface area contributed by atoms with E-state index in [1.165, 1.54) is 17.7 Å². The van der Waals surface area contributed by atoms with Gasteiger partial charge in [-0.1, -0.05) is 6.42 Å². The molecule has 7 nitrogen and oxygen atoms in total. The molecule has 0 bridgehead atoms. The summed E-state index contributed by atoms with van der Waals surface area (Å²) in [6, 6.07) is 2.77. The number of aromatic nitrogens is 4. The molecule has 3 aromatic rings. The maximum absolute atomic E-state index is 6.10. The maximum Gasteiger partial charge on any atom is 0.157 e. The van der Waals surface area contributed by atoms with Gasteiger partial charge in [-0.05, 0) is 32.7 Å². The van der Waals surface area contributed by atoms with Crippen LogP contribution in [0.25, 0.3) is 5.65 Å². The van der Waals surface area contributed by atoms with Gasteiger partial charge in [0.25, 0.3) is 0 Å². The van der Waals surface area contributed by atoms with Crippen molar-refractivity contribution in [3.8, 4) is 0 Å². The van der Waals surface area contributed by atoms with Gasteiger partial charge in [0.2, 0.25) is 0 Å². The van der Waals surface area contributed by atoms with Crippen LogP contribution in [-0.2, 0) is 6.54 Å². The predicted molar refractivity (Wildman–Crippen MR) is 112 cm³/mol. The lowest BCUT2D eigenvalue weighted by Crippen LogP contribution is -2.32. The van der Waals surface area contributed by atoms with Crippen LogP contribution in [0, 0.1) is 6.92 Å². The molecule has 2 fully saturated rings. The molecule has 3 aromatic heterocycles. The second-order valence-electron chi connectivity index (χ2n) is 8.06. The quantitative estimate of drug-likeness (QED) is 0.730. The fourth-order valence-electron chi connectivity index (χ4n) is 4.52. The van der Waals surface area contributed by atoms with Crippen LogP contribution >= 0.6 is 11.3 Å². The first-order chi connectivity index (χ1) is 13.7. The number of hydrogen-bond donors (Lipinski definition) is 1. The third-order valence-electron chi connectivity index (χ3n) is 5.95. The van der Waals surface area contributed by atoms with Gasteiger partial charge < -0.3 is 10.6 Å². The van der Waals surface area contributed by atoms with Crippen molar-refractivity contribution in [3.63, 3.8) is 0 Å². The minimum atomic E-state index is 0.250. The molecule has 8 heteroatoms. The Labute approximate surface area is 169 Å². The fraction of sp³-hybridized carbons (Fsp3) is 0.550. The summed E-state index contributed by atoms with van der Waals surface area (Å²) in [6.07, 6.45) is 8.78. The van der Waals surface area contributed by atoms with Crippen LogP contribution in [0.1, 0.15) is 47.9 Å². The van der Waals surface area contributed by atoms with E-state index in [9.17, 15) is 0 Å². The fourth-order valence-corrected chi connectivity index (χ4v) is 5.14. The first-order valence-corrected chi connectivity index (χ1v) is 11.0. The first-order valence-electron chi connectivity index (χ1n) is 10.2. The first kappa shape index (κ1) is 18.0. The van der Waals surface area contributed by atoms with Gasteiger partial charge in [-0.25, -0.2) is 9.50 Å². The van der Waals surface area contributed by atoms with E-state index in [-0.39, 0.29) is 6.04 Å².